The molecule has 0 saturated carbocycles. The fourth-order valence-electron chi connectivity index (χ4n) is 4.40. The summed E-state index contributed by atoms with van der Waals surface area (Å²) in [6.45, 7) is 2.09. The Morgan fingerprint density at radius 3 is 2.59 bits per heavy atom. The van der Waals surface area contributed by atoms with E-state index in [1.807, 2.05) is 30.3 Å². The van der Waals surface area contributed by atoms with Crippen molar-refractivity contribution in [1.82, 2.24) is 20.1 Å². The van der Waals surface area contributed by atoms with Crippen LogP contribution >= 0.6 is 0 Å². The third-order valence-corrected chi connectivity index (χ3v) is 7.83. The Morgan fingerprint density at radius 2 is 1.88 bits per heavy atom. The second-order valence-electron chi connectivity index (χ2n) is 8.49. The summed E-state index contributed by atoms with van der Waals surface area (Å²) in [6.07, 6.45) is 0.416. The number of halogens is 1. The van der Waals surface area contributed by atoms with E-state index in [9.17, 15) is 17.6 Å². The highest BCUT2D eigenvalue weighted by molar-refractivity contribution is 7.91. The molecule has 2 aromatic carbocycles. The number of aryl methyl sites for hydroxylation is 1. The monoisotopic (exact) mass is 478 g/mol. The van der Waals surface area contributed by atoms with Gasteiger partial charge in [0.05, 0.1) is 39.9 Å². The summed E-state index contributed by atoms with van der Waals surface area (Å²) in [5.41, 5.74) is 2.76. The summed E-state index contributed by atoms with van der Waals surface area (Å²) in [6, 6.07) is 16.9. The number of nitrogens with one attached hydrogen (secondary N) is 1. The molecule has 0 spiro atoms. The number of nitrogens with zero attached hydrogens (tertiary/aromatic N) is 3. The van der Waals surface area contributed by atoms with E-state index in [0.29, 0.717) is 35.3 Å². The molecule has 1 aliphatic heterocycles. The molecule has 174 valence electrons. The zero-order valence-electron chi connectivity index (χ0n) is 18.5. The zero-order valence-corrected chi connectivity index (χ0v) is 19.3. The largest absolute Gasteiger partial charge is 0.348 e. The molecule has 1 fully saturated rings. The number of sulfone groups is 1. The predicted molar refractivity (Wildman–Crippen MR) is 128 cm³/mol. The highest BCUT2D eigenvalue weighted by Gasteiger charge is 2.32. The Kier molecular flexibility index (Phi) is 5.65. The molecule has 1 atom stereocenters. The van der Waals surface area contributed by atoms with Crippen LogP contribution in [0, 0.1) is 12.7 Å². The first-order valence-corrected chi connectivity index (χ1v) is 12.8. The van der Waals surface area contributed by atoms with Gasteiger partial charge in [0.2, 0.25) is 0 Å². The van der Waals surface area contributed by atoms with Crippen molar-refractivity contribution in [3.05, 3.63) is 83.3 Å². The molecule has 0 aliphatic carbocycles. The molecule has 7 nitrogen and oxygen atoms in total. The van der Waals surface area contributed by atoms with Crippen LogP contribution in [0.1, 0.15) is 34.1 Å². The molecule has 5 rings (SSSR count). The minimum Gasteiger partial charge on any atom is -0.348 e. The second-order valence-corrected chi connectivity index (χ2v) is 10.7. The molecule has 1 unspecified atom stereocenters. The van der Waals surface area contributed by atoms with Gasteiger partial charge in [-0.3, -0.25) is 4.79 Å². The Hall–Kier alpha value is -3.59. The number of pyridine rings is 1. The Balaban J connectivity index is 1.64. The lowest BCUT2D eigenvalue weighted by Gasteiger charge is -2.13. The van der Waals surface area contributed by atoms with Gasteiger partial charge in [0.25, 0.3) is 5.91 Å². The number of aromatic nitrogens is 3. The van der Waals surface area contributed by atoms with Crippen LogP contribution in [0.5, 0.6) is 0 Å². The van der Waals surface area contributed by atoms with Gasteiger partial charge < -0.3 is 5.32 Å². The average molecular weight is 479 g/mol. The highest BCUT2D eigenvalue weighted by Crippen LogP contribution is 2.32. The fourth-order valence-corrected chi connectivity index (χ4v) is 6.09. The fraction of sp³-hybridized carbons (Fsp3) is 0.240. The summed E-state index contributed by atoms with van der Waals surface area (Å²) in [5.74, 6) is -0.758. The van der Waals surface area contributed by atoms with Gasteiger partial charge in [-0.25, -0.2) is 22.5 Å². The lowest BCUT2D eigenvalue weighted by atomic mass is 10.0. The Morgan fingerprint density at radius 1 is 1.15 bits per heavy atom. The van der Waals surface area contributed by atoms with Gasteiger partial charge in [-0.1, -0.05) is 42.5 Å². The van der Waals surface area contributed by atoms with E-state index >= 15 is 0 Å². The van der Waals surface area contributed by atoms with Crippen LogP contribution < -0.4 is 5.32 Å². The minimum absolute atomic E-state index is 0.0373. The Bertz CT molecular complexity index is 1500. The van der Waals surface area contributed by atoms with Crippen LogP contribution in [0.3, 0.4) is 0 Å². The summed E-state index contributed by atoms with van der Waals surface area (Å²) in [4.78, 5) is 18.0. The molecule has 34 heavy (non-hydrogen) atoms. The molecular weight excluding hydrogens is 455 g/mol. The lowest BCUT2D eigenvalue weighted by Crippen LogP contribution is -2.23. The van der Waals surface area contributed by atoms with Crippen molar-refractivity contribution >= 4 is 26.8 Å². The van der Waals surface area contributed by atoms with Gasteiger partial charge in [0.1, 0.15) is 5.82 Å². The van der Waals surface area contributed by atoms with Crippen LogP contribution in [-0.2, 0) is 16.4 Å². The first-order chi connectivity index (χ1) is 16.3. The van der Waals surface area contributed by atoms with Crippen LogP contribution in [0.25, 0.3) is 22.3 Å². The molecule has 9 heteroatoms. The minimum atomic E-state index is -3.17. The first kappa shape index (κ1) is 22.2. The molecule has 3 heterocycles. The number of carbonyl (C=O) groups is 1. The topological polar surface area (TPSA) is 93.9 Å². The van der Waals surface area contributed by atoms with Gasteiger partial charge in [0, 0.05) is 12.1 Å². The zero-order chi connectivity index (χ0) is 23.9. The molecule has 4 aromatic rings. The SMILES string of the molecule is Cc1nn(C2CCS(=O)(=O)C2)c2nc(-c3ccccc3F)cc(C(=O)NCc3ccccc3)c12. The van der Waals surface area contributed by atoms with E-state index in [1.165, 1.54) is 6.07 Å². The van der Waals surface area contributed by atoms with Crippen LogP contribution in [0.2, 0.25) is 0 Å². The van der Waals surface area contributed by atoms with E-state index in [2.05, 4.69) is 15.4 Å². The molecule has 0 radical (unpaired) electrons. The summed E-state index contributed by atoms with van der Waals surface area (Å²) >= 11 is 0. The van der Waals surface area contributed by atoms with Gasteiger partial charge in [-0.2, -0.15) is 5.10 Å². The third-order valence-electron chi connectivity index (χ3n) is 6.08. The first-order valence-electron chi connectivity index (χ1n) is 11.0. The van der Waals surface area contributed by atoms with Crippen molar-refractivity contribution in [1.29, 1.82) is 0 Å². The number of benzene rings is 2. The number of hydrogen-bond acceptors (Lipinski definition) is 5. The van der Waals surface area contributed by atoms with E-state index in [0.717, 1.165) is 5.56 Å². The van der Waals surface area contributed by atoms with E-state index in [-0.39, 0.29) is 34.7 Å². The van der Waals surface area contributed by atoms with Crippen LogP contribution in [0.4, 0.5) is 4.39 Å². The summed E-state index contributed by atoms with van der Waals surface area (Å²) < 4.78 is 40.5. The van der Waals surface area contributed by atoms with Crippen molar-refractivity contribution in [3.8, 4) is 11.3 Å². The van der Waals surface area contributed by atoms with Crippen molar-refractivity contribution in [2.45, 2.75) is 25.9 Å². The molecular formula is C25H23FN4O3S. The molecule has 1 aliphatic rings. The maximum Gasteiger partial charge on any atom is 0.252 e. The molecule has 1 saturated heterocycles. The molecule has 1 N–H and O–H groups in total. The van der Waals surface area contributed by atoms with Crippen LogP contribution in [0.15, 0.2) is 60.7 Å². The maximum absolute atomic E-state index is 14.6. The van der Waals surface area contributed by atoms with Crippen molar-refractivity contribution in [3.63, 3.8) is 0 Å². The van der Waals surface area contributed by atoms with Crippen molar-refractivity contribution in [2.24, 2.45) is 0 Å². The summed E-state index contributed by atoms with van der Waals surface area (Å²) in [7, 11) is -3.17. The molecule has 0 bridgehead atoms. The smallest absolute Gasteiger partial charge is 0.252 e. The van der Waals surface area contributed by atoms with E-state index in [4.69, 9.17) is 0 Å². The lowest BCUT2D eigenvalue weighted by molar-refractivity contribution is 0.0952. The highest BCUT2D eigenvalue weighted by atomic mass is 32.2. The summed E-state index contributed by atoms with van der Waals surface area (Å²) in [5, 5.41) is 8.04. The van der Waals surface area contributed by atoms with E-state index < -0.39 is 15.7 Å². The molecule has 2 aromatic heterocycles. The number of fused-ring (bicyclic) bond motifs is 1. The van der Waals surface area contributed by atoms with Crippen LogP contribution in [-0.4, -0.2) is 40.6 Å². The standard InChI is InChI=1S/C25H23FN4O3S/c1-16-23-20(25(31)27-14-17-7-3-2-4-8-17)13-22(19-9-5-6-10-21(19)26)28-24(23)30(29-16)18-11-12-34(32,33)15-18/h2-10,13,18H,11-12,14-15H2,1H3,(H,27,31). The number of rotatable bonds is 5. The predicted octanol–water partition coefficient (Wildman–Crippen LogP) is 3.84. The maximum atomic E-state index is 14.6. The Labute approximate surface area is 196 Å². The van der Waals surface area contributed by atoms with Gasteiger partial charge in [-0.15, -0.1) is 0 Å². The van der Waals surface area contributed by atoms with Crippen molar-refractivity contribution < 1.29 is 17.6 Å². The number of carbonyl (C=O) groups excluding carboxylic acids is 1. The average Bonchev–Trinajstić information content (AvgIpc) is 3.36. The van der Waals surface area contributed by atoms with Gasteiger partial charge >= 0.3 is 0 Å². The van der Waals surface area contributed by atoms with E-state index in [1.54, 1.807) is 35.9 Å². The number of hydrogen-bond donors (Lipinski definition) is 1. The number of amides is 1. The second kappa shape index (κ2) is 8.64. The van der Waals surface area contributed by atoms with Crippen molar-refractivity contribution in [2.75, 3.05) is 11.5 Å². The normalized spacial score (nSPS) is 17.2. The third kappa shape index (κ3) is 4.19. The van der Waals surface area contributed by atoms with Gasteiger partial charge in [0.15, 0.2) is 15.5 Å². The molecule has 1 amide bonds. The van der Waals surface area contributed by atoms with Gasteiger partial charge in [-0.05, 0) is 37.1 Å². The quantitative estimate of drug-likeness (QED) is 0.471.